The Morgan fingerprint density at radius 3 is 2.88 bits per heavy atom. The largest absolute Gasteiger partial charge is 0.385 e. The van der Waals surface area contributed by atoms with Crippen molar-refractivity contribution < 1.29 is 9.53 Å². The highest BCUT2D eigenvalue weighted by Crippen LogP contribution is 2.24. The molecule has 1 aliphatic rings. The Labute approximate surface area is 149 Å². The monoisotopic (exact) mass is 339 g/mol. The first-order valence-electron chi connectivity index (χ1n) is 8.97. The molecule has 3 rings (SSSR count). The Morgan fingerprint density at radius 2 is 2.08 bits per heavy atom. The lowest BCUT2D eigenvalue weighted by atomic mass is 9.96. The summed E-state index contributed by atoms with van der Waals surface area (Å²) < 4.78 is 5.16. The molecule has 0 spiro atoms. The van der Waals surface area contributed by atoms with Gasteiger partial charge in [0.1, 0.15) is 0 Å². The Morgan fingerprint density at radius 1 is 1.24 bits per heavy atom. The van der Waals surface area contributed by atoms with E-state index >= 15 is 0 Å². The molecule has 0 bridgehead atoms. The normalized spacial score (nSPS) is 17.5. The summed E-state index contributed by atoms with van der Waals surface area (Å²) in [7, 11) is 1.72. The molecular formula is C20H25N3O2. The number of aromatic nitrogens is 2. The number of nitrogens with zero attached hydrogens (tertiary/aromatic N) is 3. The van der Waals surface area contributed by atoms with Gasteiger partial charge in [-0.2, -0.15) is 0 Å². The molecule has 132 valence electrons. The van der Waals surface area contributed by atoms with Gasteiger partial charge in [0, 0.05) is 49.8 Å². The molecular weight excluding hydrogens is 314 g/mol. The van der Waals surface area contributed by atoms with E-state index in [0.29, 0.717) is 17.4 Å². The van der Waals surface area contributed by atoms with Gasteiger partial charge in [0.05, 0.1) is 0 Å². The predicted octanol–water partition coefficient (Wildman–Crippen LogP) is 3.56. The second-order valence-electron chi connectivity index (χ2n) is 6.44. The minimum Gasteiger partial charge on any atom is -0.385 e. The summed E-state index contributed by atoms with van der Waals surface area (Å²) in [5, 5.41) is 0. The van der Waals surface area contributed by atoms with Crippen LogP contribution in [0.25, 0.3) is 11.4 Å². The fourth-order valence-electron chi connectivity index (χ4n) is 3.44. The second kappa shape index (κ2) is 8.72. The predicted molar refractivity (Wildman–Crippen MR) is 97.3 cm³/mol. The zero-order valence-corrected chi connectivity index (χ0v) is 14.7. The molecule has 1 aromatic heterocycles. The molecule has 0 radical (unpaired) electrons. The zero-order chi connectivity index (χ0) is 17.5. The number of methoxy groups -OCH3 is 1. The van der Waals surface area contributed by atoms with E-state index < -0.39 is 0 Å². The summed E-state index contributed by atoms with van der Waals surface area (Å²) >= 11 is 0. The van der Waals surface area contributed by atoms with Crippen molar-refractivity contribution in [1.29, 1.82) is 0 Å². The van der Waals surface area contributed by atoms with Crippen LogP contribution in [0.15, 0.2) is 42.7 Å². The lowest BCUT2D eigenvalue weighted by Crippen LogP contribution is -2.43. The highest BCUT2D eigenvalue weighted by Gasteiger charge is 2.27. The maximum Gasteiger partial charge on any atom is 0.254 e. The third-order valence-corrected chi connectivity index (χ3v) is 4.71. The van der Waals surface area contributed by atoms with Gasteiger partial charge in [-0.25, -0.2) is 9.97 Å². The third-order valence-electron chi connectivity index (χ3n) is 4.71. The summed E-state index contributed by atoms with van der Waals surface area (Å²) in [6.07, 6.45) is 8.77. The molecule has 5 heteroatoms. The van der Waals surface area contributed by atoms with Gasteiger partial charge in [-0.1, -0.05) is 12.1 Å². The summed E-state index contributed by atoms with van der Waals surface area (Å²) in [5.74, 6) is 0.757. The van der Waals surface area contributed by atoms with Crippen molar-refractivity contribution in [1.82, 2.24) is 14.9 Å². The standard InChI is InChI=1S/C20H25N3O2/c1-25-14-5-10-18-9-2-3-13-23(18)20(24)17-8-4-7-16(15-17)19-21-11-6-12-22-19/h4,6-8,11-12,15,18H,2-3,5,9-10,13-14H2,1H3. The van der Waals surface area contributed by atoms with E-state index in [2.05, 4.69) is 9.97 Å². The van der Waals surface area contributed by atoms with Crippen LogP contribution in [0, 0.1) is 0 Å². The number of likely N-dealkylation sites (tertiary alicyclic amines) is 1. The average Bonchev–Trinajstić information content (AvgIpc) is 2.69. The highest BCUT2D eigenvalue weighted by molar-refractivity contribution is 5.95. The van der Waals surface area contributed by atoms with Crippen LogP contribution >= 0.6 is 0 Å². The summed E-state index contributed by atoms with van der Waals surface area (Å²) in [5.41, 5.74) is 1.59. The van der Waals surface area contributed by atoms with Crippen LogP contribution in [-0.4, -0.2) is 47.1 Å². The number of hydrogen-bond donors (Lipinski definition) is 0. The number of amides is 1. The molecule has 1 atom stereocenters. The molecule has 1 aliphatic heterocycles. The van der Waals surface area contributed by atoms with Gasteiger partial charge in [0.2, 0.25) is 0 Å². The van der Waals surface area contributed by atoms with Crippen LogP contribution in [0.3, 0.4) is 0 Å². The Bertz CT molecular complexity index is 690. The minimum absolute atomic E-state index is 0.111. The van der Waals surface area contributed by atoms with E-state index in [-0.39, 0.29) is 5.91 Å². The Kier molecular flexibility index (Phi) is 6.12. The van der Waals surface area contributed by atoms with Crippen LogP contribution < -0.4 is 0 Å². The highest BCUT2D eigenvalue weighted by atomic mass is 16.5. The molecule has 0 aliphatic carbocycles. The first-order chi connectivity index (χ1) is 12.3. The fourth-order valence-corrected chi connectivity index (χ4v) is 3.44. The number of ether oxygens (including phenoxy) is 1. The first-order valence-corrected chi connectivity index (χ1v) is 8.97. The molecule has 5 nitrogen and oxygen atoms in total. The molecule has 1 unspecified atom stereocenters. The molecule has 1 saturated heterocycles. The van der Waals surface area contributed by atoms with E-state index in [0.717, 1.165) is 44.4 Å². The van der Waals surface area contributed by atoms with Gasteiger partial charge < -0.3 is 9.64 Å². The van der Waals surface area contributed by atoms with Crippen molar-refractivity contribution >= 4 is 5.91 Å². The van der Waals surface area contributed by atoms with Crippen molar-refractivity contribution in [3.63, 3.8) is 0 Å². The molecule has 1 fully saturated rings. The second-order valence-corrected chi connectivity index (χ2v) is 6.44. The van der Waals surface area contributed by atoms with Gasteiger partial charge in [-0.3, -0.25) is 4.79 Å². The van der Waals surface area contributed by atoms with Crippen LogP contribution in [0.4, 0.5) is 0 Å². The topological polar surface area (TPSA) is 55.3 Å². The maximum absolute atomic E-state index is 13.1. The zero-order valence-electron chi connectivity index (χ0n) is 14.7. The summed E-state index contributed by atoms with van der Waals surface area (Å²) in [6.45, 7) is 1.59. The van der Waals surface area contributed by atoms with Crippen LogP contribution in [-0.2, 0) is 4.74 Å². The number of rotatable bonds is 6. The first kappa shape index (κ1) is 17.5. The molecule has 1 aromatic carbocycles. The average molecular weight is 339 g/mol. The minimum atomic E-state index is 0.111. The van der Waals surface area contributed by atoms with Crippen molar-refractivity contribution in [2.45, 2.75) is 38.1 Å². The lowest BCUT2D eigenvalue weighted by Gasteiger charge is -2.36. The van der Waals surface area contributed by atoms with Crippen molar-refractivity contribution in [2.75, 3.05) is 20.3 Å². The van der Waals surface area contributed by atoms with E-state index in [1.54, 1.807) is 25.6 Å². The molecule has 25 heavy (non-hydrogen) atoms. The molecule has 2 aromatic rings. The van der Waals surface area contributed by atoms with Gasteiger partial charge in [-0.15, -0.1) is 0 Å². The number of carbonyl (C=O) groups is 1. The third kappa shape index (κ3) is 4.42. The van der Waals surface area contributed by atoms with E-state index in [4.69, 9.17) is 4.74 Å². The fraction of sp³-hybridized carbons (Fsp3) is 0.450. The van der Waals surface area contributed by atoms with Crippen LogP contribution in [0.1, 0.15) is 42.5 Å². The summed E-state index contributed by atoms with van der Waals surface area (Å²) in [6, 6.07) is 9.74. The van der Waals surface area contributed by atoms with Crippen molar-refractivity contribution in [3.05, 3.63) is 48.3 Å². The SMILES string of the molecule is COCCCC1CCCCN1C(=O)c1cccc(-c2ncccn2)c1. The van der Waals surface area contributed by atoms with Gasteiger partial charge in [0.15, 0.2) is 5.82 Å². The van der Waals surface area contributed by atoms with Gasteiger partial charge in [0.25, 0.3) is 5.91 Å². The van der Waals surface area contributed by atoms with E-state index in [1.807, 2.05) is 29.2 Å². The van der Waals surface area contributed by atoms with E-state index in [1.165, 1.54) is 6.42 Å². The van der Waals surface area contributed by atoms with Crippen LogP contribution in [0.2, 0.25) is 0 Å². The maximum atomic E-state index is 13.1. The quantitative estimate of drug-likeness (QED) is 0.755. The van der Waals surface area contributed by atoms with Crippen molar-refractivity contribution in [2.24, 2.45) is 0 Å². The van der Waals surface area contributed by atoms with Gasteiger partial charge >= 0.3 is 0 Å². The van der Waals surface area contributed by atoms with E-state index in [9.17, 15) is 4.79 Å². The molecule has 0 N–H and O–H groups in total. The van der Waals surface area contributed by atoms with Crippen LogP contribution in [0.5, 0.6) is 0 Å². The number of hydrogen-bond acceptors (Lipinski definition) is 4. The van der Waals surface area contributed by atoms with Gasteiger partial charge in [-0.05, 0) is 50.3 Å². The number of benzene rings is 1. The Hall–Kier alpha value is -2.27. The smallest absolute Gasteiger partial charge is 0.254 e. The molecule has 1 amide bonds. The summed E-state index contributed by atoms with van der Waals surface area (Å²) in [4.78, 5) is 23.7. The Balaban J connectivity index is 1.77. The lowest BCUT2D eigenvalue weighted by molar-refractivity contribution is 0.0585. The molecule has 2 heterocycles. The molecule has 0 saturated carbocycles. The number of carbonyl (C=O) groups excluding carboxylic acids is 1. The number of piperidine rings is 1. The van der Waals surface area contributed by atoms with Crippen molar-refractivity contribution in [3.8, 4) is 11.4 Å².